The summed E-state index contributed by atoms with van der Waals surface area (Å²) in [7, 11) is 0. The van der Waals surface area contributed by atoms with E-state index in [1.165, 1.54) is 18.6 Å². The smallest absolute Gasteiger partial charge is 0.116 e. The normalized spacial score (nSPS) is 43.2. The molecule has 2 saturated heterocycles. The second-order valence-corrected chi connectivity index (χ2v) is 5.15. The largest absolute Gasteiger partial charge is 0.393 e. The van der Waals surface area contributed by atoms with Crippen molar-refractivity contribution < 1.29 is 9.84 Å². The molecule has 2 nitrogen and oxygen atoms in total. The minimum atomic E-state index is -0.121. The van der Waals surface area contributed by atoms with Crippen LogP contribution >= 0.6 is 11.8 Å². The van der Waals surface area contributed by atoms with Crippen LogP contribution in [-0.2, 0) is 4.74 Å². The van der Waals surface area contributed by atoms with Crippen LogP contribution in [0.5, 0.6) is 0 Å². The molecule has 2 fully saturated rings. The average molecular weight is 188 g/mol. The summed E-state index contributed by atoms with van der Waals surface area (Å²) in [5.74, 6) is 1.20. The fourth-order valence-corrected chi connectivity index (χ4v) is 3.49. The lowest BCUT2D eigenvalue weighted by Crippen LogP contribution is -2.40. The van der Waals surface area contributed by atoms with Crippen LogP contribution in [-0.4, -0.2) is 28.5 Å². The third-order valence-electron chi connectivity index (χ3n) is 2.68. The van der Waals surface area contributed by atoms with E-state index in [0.29, 0.717) is 0 Å². The average Bonchev–Trinajstić information content (AvgIpc) is 2.05. The summed E-state index contributed by atoms with van der Waals surface area (Å²) in [6.45, 7) is 0.744. The van der Waals surface area contributed by atoms with Crippen LogP contribution in [0.1, 0.15) is 32.1 Å². The standard InChI is InChI=1S/C9H16O2S/c10-8-3-5-11-9(7-8)4-1-2-6-12-9/h8,10H,1-7H2/t8-,9-/m0/s1. The third-order valence-corrected chi connectivity index (χ3v) is 4.19. The minimum absolute atomic E-state index is 0.00405. The first-order chi connectivity index (χ1) is 5.81. The highest BCUT2D eigenvalue weighted by molar-refractivity contribution is 8.00. The molecule has 2 aliphatic rings. The highest BCUT2D eigenvalue weighted by Gasteiger charge is 2.38. The third kappa shape index (κ3) is 1.78. The van der Waals surface area contributed by atoms with E-state index in [-0.39, 0.29) is 11.0 Å². The molecule has 0 aromatic carbocycles. The maximum absolute atomic E-state index is 9.53. The van der Waals surface area contributed by atoms with E-state index in [2.05, 4.69) is 0 Å². The van der Waals surface area contributed by atoms with Crippen molar-refractivity contribution in [1.82, 2.24) is 0 Å². The Labute approximate surface area is 77.7 Å². The zero-order chi connectivity index (χ0) is 8.44. The Balaban J connectivity index is 1.97. The molecule has 0 unspecified atom stereocenters. The number of thioether (sulfide) groups is 1. The fraction of sp³-hybridized carbons (Fsp3) is 1.00. The van der Waals surface area contributed by atoms with E-state index in [1.807, 2.05) is 11.8 Å². The highest BCUT2D eigenvalue weighted by atomic mass is 32.2. The summed E-state index contributed by atoms with van der Waals surface area (Å²) >= 11 is 1.91. The Morgan fingerprint density at radius 2 is 2.33 bits per heavy atom. The second kappa shape index (κ2) is 3.56. The number of hydrogen-bond acceptors (Lipinski definition) is 3. The monoisotopic (exact) mass is 188 g/mol. The predicted octanol–water partition coefficient (Wildman–Crippen LogP) is 1.77. The van der Waals surface area contributed by atoms with Gasteiger partial charge in [0.1, 0.15) is 4.93 Å². The van der Waals surface area contributed by atoms with Gasteiger partial charge in [-0.05, 0) is 31.4 Å². The van der Waals surface area contributed by atoms with Crippen LogP contribution in [0.2, 0.25) is 0 Å². The first kappa shape index (κ1) is 8.85. The lowest BCUT2D eigenvalue weighted by atomic mass is 10.0. The van der Waals surface area contributed by atoms with Crippen molar-refractivity contribution in [1.29, 1.82) is 0 Å². The van der Waals surface area contributed by atoms with Crippen LogP contribution < -0.4 is 0 Å². The lowest BCUT2D eigenvalue weighted by molar-refractivity contribution is -0.0695. The van der Waals surface area contributed by atoms with E-state index in [1.54, 1.807) is 0 Å². The molecular weight excluding hydrogens is 172 g/mol. The maximum Gasteiger partial charge on any atom is 0.116 e. The van der Waals surface area contributed by atoms with Crippen molar-refractivity contribution in [2.45, 2.75) is 43.1 Å². The van der Waals surface area contributed by atoms with Crippen LogP contribution in [0, 0.1) is 0 Å². The van der Waals surface area contributed by atoms with Gasteiger partial charge in [-0.2, -0.15) is 0 Å². The van der Waals surface area contributed by atoms with Gasteiger partial charge in [0.15, 0.2) is 0 Å². The van der Waals surface area contributed by atoms with Gasteiger partial charge in [0.2, 0.25) is 0 Å². The summed E-state index contributed by atoms with van der Waals surface area (Å²) in [5, 5.41) is 9.53. The number of aliphatic hydroxyl groups is 1. The topological polar surface area (TPSA) is 29.5 Å². The lowest BCUT2D eigenvalue weighted by Gasteiger charge is -2.41. The van der Waals surface area contributed by atoms with Crippen molar-refractivity contribution in [2.24, 2.45) is 0 Å². The number of rotatable bonds is 0. The van der Waals surface area contributed by atoms with Gasteiger partial charge in [-0.1, -0.05) is 0 Å². The summed E-state index contributed by atoms with van der Waals surface area (Å²) < 4.78 is 5.78. The van der Waals surface area contributed by atoms with Crippen LogP contribution in [0.15, 0.2) is 0 Å². The molecule has 0 aliphatic carbocycles. The van der Waals surface area contributed by atoms with Crippen molar-refractivity contribution in [3.05, 3.63) is 0 Å². The summed E-state index contributed by atoms with van der Waals surface area (Å²) in [5.41, 5.74) is 0. The summed E-state index contributed by atoms with van der Waals surface area (Å²) in [6, 6.07) is 0. The van der Waals surface area contributed by atoms with Crippen LogP contribution in [0.4, 0.5) is 0 Å². The number of ether oxygens (including phenoxy) is 1. The second-order valence-electron chi connectivity index (χ2n) is 3.71. The van der Waals surface area contributed by atoms with Gasteiger partial charge in [-0.25, -0.2) is 0 Å². The molecule has 0 bridgehead atoms. The van der Waals surface area contributed by atoms with E-state index in [9.17, 15) is 5.11 Å². The minimum Gasteiger partial charge on any atom is -0.393 e. The maximum atomic E-state index is 9.53. The molecule has 2 aliphatic heterocycles. The van der Waals surface area contributed by atoms with Gasteiger partial charge >= 0.3 is 0 Å². The Hall–Kier alpha value is 0.270. The molecule has 0 amide bonds. The Bertz CT molecular complexity index is 149. The molecular formula is C9H16O2S. The van der Waals surface area contributed by atoms with Gasteiger partial charge in [-0.3, -0.25) is 0 Å². The molecule has 1 N–H and O–H groups in total. The first-order valence-electron chi connectivity index (χ1n) is 4.77. The molecule has 70 valence electrons. The molecule has 1 spiro atoms. The van der Waals surface area contributed by atoms with E-state index in [0.717, 1.165) is 25.9 Å². The fourth-order valence-electron chi connectivity index (χ4n) is 2.00. The molecule has 3 heteroatoms. The van der Waals surface area contributed by atoms with E-state index >= 15 is 0 Å². The van der Waals surface area contributed by atoms with Gasteiger partial charge in [-0.15, -0.1) is 11.8 Å². The quantitative estimate of drug-likeness (QED) is 0.628. The molecule has 0 aromatic rings. The number of aliphatic hydroxyl groups excluding tert-OH is 1. The summed E-state index contributed by atoms with van der Waals surface area (Å²) in [4.78, 5) is -0.00405. The van der Waals surface area contributed by atoms with Crippen molar-refractivity contribution >= 4 is 11.8 Å². The van der Waals surface area contributed by atoms with E-state index in [4.69, 9.17) is 4.74 Å². The zero-order valence-corrected chi connectivity index (χ0v) is 8.11. The van der Waals surface area contributed by atoms with Gasteiger partial charge in [0.05, 0.1) is 12.7 Å². The molecule has 12 heavy (non-hydrogen) atoms. The van der Waals surface area contributed by atoms with Crippen molar-refractivity contribution in [3.63, 3.8) is 0 Å². The Morgan fingerprint density at radius 3 is 3.00 bits per heavy atom. The van der Waals surface area contributed by atoms with Gasteiger partial charge < -0.3 is 9.84 Å². The van der Waals surface area contributed by atoms with Crippen LogP contribution in [0.3, 0.4) is 0 Å². The Morgan fingerprint density at radius 1 is 1.42 bits per heavy atom. The first-order valence-corrected chi connectivity index (χ1v) is 5.75. The molecule has 2 rings (SSSR count). The molecule has 2 atom stereocenters. The van der Waals surface area contributed by atoms with Crippen molar-refractivity contribution in [3.8, 4) is 0 Å². The Kier molecular flexibility index (Phi) is 2.63. The molecule has 0 radical (unpaired) electrons. The SMILES string of the molecule is O[C@H]1CCO[C@]2(CCCCS2)C1. The van der Waals surface area contributed by atoms with E-state index < -0.39 is 0 Å². The number of hydrogen-bond donors (Lipinski definition) is 1. The van der Waals surface area contributed by atoms with Crippen molar-refractivity contribution in [2.75, 3.05) is 12.4 Å². The molecule has 0 aromatic heterocycles. The predicted molar refractivity (Wildman–Crippen MR) is 50.2 cm³/mol. The zero-order valence-electron chi connectivity index (χ0n) is 7.29. The summed E-state index contributed by atoms with van der Waals surface area (Å²) in [6.07, 6.45) is 5.25. The van der Waals surface area contributed by atoms with Gasteiger partial charge in [0, 0.05) is 6.42 Å². The van der Waals surface area contributed by atoms with Crippen LogP contribution in [0.25, 0.3) is 0 Å². The molecule has 2 heterocycles. The van der Waals surface area contributed by atoms with Gasteiger partial charge in [0.25, 0.3) is 0 Å². The highest BCUT2D eigenvalue weighted by Crippen LogP contribution is 2.43. The molecule has 0 saturated carbocycles.